The largest absolute Gasteiger partial charge is 0.304 e. The molecule has 0 fully saturated rings. The summed E-state index contributed by atoms with van der Waals surface area (Å²) in [6.45, 7) is 17.9. The van der Waals surface area contributed by atoms with Crippen molar-refractivity contribution in [3.05, 3.63) is 159 Å². The van der Waals surface area contributed by atoms with Crippen molar-refractivity contribution in [1.29, 1.82) is 0 Å². The fraction of sp³-hybridized carbons (Fsp3) is 0.200. The lowest BCUT2D eigenvalue weighted by molar-refractivity contribution is 0.660. The predicted molar refractivity (Wildman–Crippen MR) is 229 cm³/mol. The highest BCUT2D eigenvalue weighted by molar-refractivity contribution is 6.75. The maximum atomic E-state index is 5.52. The Kier molecular flexibility index (Phi) is 7.16. The van der Waals surface area contributed by atoms with Gasteiger partial charge in [0.15, 0.2) is 0 Å². The van der Waals surface area contributed by atoms with Crippen molar-refractivity contribution < 1.29 is 0 Å². The zero-order chi connectivity index (χ0) is 38.1. The molecule has 0 bridgehead atoms. The van der Waals surface area contributed by atoms with Crippen LogP contribution in [0.2, 0.25) is 39.3 Å². The van der Waals surface area contributed by atoms with Gasteiger partial charge < -0.3 is 4.90 Å². The first-order valence-corrected chi connectivity index (χ1v) is 27.8. The van der Waals surface area contributed by atoms with Gasteiger partial charge in [0.1, 0.15) is 0 Å². The van der Waals surface area contributed by atoms with E-state index in [9.17, 15) is 0 Å². The van der Waals surface area contributed by atoms with E-state index in [1.54, 1.807) is 0 Å². The lowest BCUT2D eigenvalue weighted by Gasteiger charge is -2.26. The van der Waals surface area contributed by atoms with Crippen molar-refractivity contribution in [2.45, 2.75) is 58.5 Å². The molecule has 0 radical (unpaired) electrons. The first kappa shape index (κ1) is 34.1. The summed E-state index contributed by atoms with van der Waals surface area (Å²) in [6, 6.07) is 41.6. The molecule has 4 aliphatic rings. The molecule has 0 saturated heterocycles. The second kappa shape index (κ2) is 11.5. The maximum absolute atomic E-state index is 5.52. The lowest BCUT2D eigenvalue weighted by Crippen LogP contribution is -2.38. The van der Waals surface area contributed by atoms with Gasteiger partial charge in [0.25, 0.3) is 25.2 Å². The van der Waals surface area contributed by atoms with Crippen molar-refractivity contribution in [2.24, 2.45) is 27.9 Å². The molecule has 10 heteroatoms. The molecule has 7 nitrogen and oxygen atoms in total. The zero-order valence-corrected chi connectivity index (χ0v) is 35.6. The van der Waals surface area contributed by atoms with Crippen LogP contribution in [0, 0.1) is 0 Å². The van der Waals surface area contributed by atoms with E-state index in [-0.39, 0.29) is 5.41 Å². The van der Waals surface area contributed by atoms with Gasteiger partial charge in [-0.1, -0.05) is 98.8 Å². The van der Waals surface area contributed by atoms with E-state index in [1.165, 1.54) is 22.3 Å². The van der Waals surface area contributed by atoms with Crippen LogP contribution in [-0.4, -0.2) is 25.2 Å². The Morgan fingerprint density at radius 1 is 0.400 bits per heavy atom. The molecule has 3 heterocycles. The van der Waals surface area contributed by atoms with Crippen molar-refractivity contribution >= 4 is 42.3 Å². The number of rotatable bonds is 5. The standard InChI is InChI=1S/C45H43N7Si3/c1-45(2)34-18-13-12-17-32(34)33-22-21-29(27-35(33)45)31-24-26-39(44-41(31)48-55(7,8)51-44)52(37-20-14-19-36-42(37)49-53(3,4)46-36)38-25-23-30(28-15-10-9-11-16-28)40-43(38)50-54(5,6)47-40/h9-27H,1-8H3. The molecule has 0 atom stereocenters. The molecule has 0 N–H and O–H groups in total. The highest BCUT2D eigenvalue weighted by Gasteiger charge is 2.36. The Balaban J connectivity index is 1.25. The zero-order valence-electron chi connectivity index (χ0n) is 32.6. The number of benzene rings is 6. The third-order valence-electron chi connectivity index (χ3n) is 11.3. The van der Waals surface area contributed by atoms with Gasteiger partial charge in [0.05, 0.1) is 49.2 Å². The van der Waals surface area contributed by atoms with Crippen LogP contribution in [0.3, 0.4) is 0 Å². The Hall–Kier alpha value is -5.43. The average Bonchev–Trinajstić information content (AvgIpc) is 3.84. The average molecular weight is 766 g/mol. The van der Waals surface area contributed by atoms with Crippen LogP contribution in [0.1, 0.15) is 25.0 Å². The van der Waals surface area contributed by atoms with Crippen molar-refractivity contribution in [1.82, 2.24) is 0 Å². The van der Waals surface area contributed by atoms with Crippen LogP contribution in [0.5, 0.6) is 0 Å². The van der Waals surface area contributed by atoms with E-state index in [2.05, 4.69) is 173 Å². The van der Waals surface area contributed by atoms with E-state index in [0.717, 1.165) is 71.5 Å². The van der Waals surface area contributed by atoms with Crippen LogP contribution in [-0.2, 0) is 5.41 Å². The highest BCUT2D eigenvalue weighted by Crippen LogP contribution is 2.49. The molecule has 0 amide bonds. The van der Waals surface area contributed by atoms with Gasteiger partial charge >= 0.3 is 0 Å². The van der Waals surface area contributed by atoms with Crippen molar-refractivity contribution in [2.75, 3.05) is 4.90 Å². The number of hydrogen-bond donors (Lipinski definition) is 0. The van der Waals surface area contributed by atoms with Crippen LogP contribution in [0.4, 0.5) is 17.1 Å². The summed E-state index contributed by atoms with van der Waals surface area (Å²) >= 11 is 0. The summed E-state index contributed by atoms with van der Waals surface area (Å²) in [5.74, 6) is 0. The Bertz CT molecular complexity index is 3060. The molecule has 0 unspecified atom stereocenters. The molecule has 0 saturated carbocycles. The Morgan fingerprint density at radius 3 is 1.58 bits per heavy atom. The number of anilines is 3. The molecule has 55 heavy (non-hydrogen) atoms. The van der Waals surface area contributed by atoms with E-state index in [4.69, 9.17) is 27.9 Å². The van der Waals surface area contributed by atoms with Crippen LogP contribution >= 0.6 is 0 Å². The lowest BCUT2D eigenvalue weighted by atomic mass is 9.81. The third kappa shape index (κ3) is 5.33. The number of nitrogens with zero attached hydrogens (tertiary/aromatic N) is 7. The summed E-state index contributed by atoms with van der Waals surface area (Å²) in [5, 5.41) is 5.64. The fourth-order valence-corrected chi connectivity index (χ4v) is 13.7. The van der Waals surface area contributed by atoms with Gasteiger partial charge in [0, 0.05) is 16.5 Å². The van der Waals surface area contributed by atoms with Crippen LogP contribution in [0.15, 0.2) is 143 Å². The smallest absolute Gasteiger partial charge is 0.298 e. The van der Waals surface area contributed by atoms with E-state index < -0.39 is 25.2 Å². The van der Waals surface area contributed by atoms with Gasteiger partial charge in [-0.3, -0.25) is 27.9 Å². The fourth-order valence-electron chi connectivity index (χ4n) is 8.93. The van der Waals surface area contributed by atoms with Crippen molar-refractivity contribution in [3.63, 3.8) is 0 Å². The molecule has 3 aliphatic heterocycles. The highest BCUT2D eigenvalue weighted by atomic mass is 28.4. The maximum Gasteiger partial charge on any atom is 0.298 e. The van der Waals surface area contributed by atoms with Gasteiger partial charge in [-0.05, 0) is 103 Å². The summed E-state index contributed by atoms with van der Waals surface area (Å²) in [5.41, 5.74) is 12.7. The number of hydrogen-bond acceptors (Lipinski definition) is 7. The SMILES string of the molecule is CC1(C)c2ccccc2-c2ccc(-c3ccc(N(c4cccc5c4=N[Si](C)(C)N=5)c4ccc(-c5ccccc5)c5c4=N[Si](C)(C)N=5)c4c3=N[Si](C)(C)N=4)cc21. The van der Waals surface area contributed by atoms with E-state index in [1.807, 2.05) is 0 Å². The molecular weight excluding hydrogens is 723 g/mol. The predicted octanol–water partition coefficient (Wildman–Crippen LogP) is 7.66. The second-order valence-electron chi connectivity index (χ2n) is 17.1. The van der Waals surface area contributed by atoms with Gasteiger partial charge in [-0.25, -0.2) is 0 Å². The monoisotopic (exact) mass is 765 g/mol. The van der Waals surface area contributed by atoms with Crippen LogP contribution < -0.4 is 37.0 Å². The molecule has 0 spiro atoms. The molecule has 0 aromatic heterocycles. The molecule has 6 aromatic carbocycles. The quantitative estimate of drug-likeness (QED) is 0.166. The summed E-state index contributed by atoms with van der Waals surface area (Å²) < 4.78 is 32.3. The number of fused-ring (bicyclic) bond motifs is 6. The molecular formula is C45H43N7Si3. The Labute approximate surface area is 324 Å². The van der Waals surface area contributed by atoms with Gasteiger partial charge in [0.2, 0.25) is 0 Å². The first-order valence-electron chi connectivity index (χ1n) is 19.1. The minimum atomic E-state index is -2.38. The molecule has 6 aromatic rings. The van der Waals surface area contributed by atoms with Crippen LogP contribution in [0.25, 0.3) is 33.4 Å². The van der Waals surface area contributed by atoms with E-state index >= 15 is 0 Å². The first-order chi connectivity index (χ1) is 26.2. The minimum Gasteiger partial charge on any atom is -0.304 e. The summed E-state index contributed by atoms with van der Waals surface area (Å²) in [7, 11) is -6.90. The second-order valence-corrected chi connectivity index (χ2v) is 27.4. The molecule has 10 rings (SSSR count). The van der Waals surface area contributed by atoms with Gasteiger partial charge in [-0.2, -0.15) is 0 Å². The third-order valence-corrected chi connectivity index (χ3v) is 15.9. The summed E-state index contributed by atoms with van der Waals surface area (Å²) in [6.07, 6.45) is 0. The molecule has 1 aliphatic carbocycles. The normalized spacial score (nSPS) is 17.8. The van der Waals surface area contributed by atoms with Gasteiger partial charge in [-0.15, -0.1) is 0 Å². The summed E-state index contributed by atoms with van der Waals surface area (Å²) in [4.78, 5) is 2.34. The van der Waals surface area contributed by atoms with Crippen molar-refractivity contribution in [3.8, 4) is 33.4 Å². The topological polar surface area (TPSA) is 77.4 Å². The minimum absolute atomic E-state index is 0.103. The van der Waals surface area contributed by atoms with E-state index in [0.29, 0.717) is 0 Å². The molecule has 270 valence electrons. The Morgan fingerprint density at radius 2 is 0.909 bits per heavy atom.